The molecule has 14 heavy (non-hydrogen) atoms. The molecule has 0 saturated carbocycles. The van der Waals surface area contributed by atoms with E-state index in [-0.39, 0.29) is 0 Å². The summed E-state index contributed by atoms with van der Waals surface area (Å²) in [6.45, 7) is 3.55. The van der Waals surface area contributed by atoms with Gasteiger partial charge in [-0.25, -0.2) is 0 Å². The first kappa shape index (κ1) is 12.0. The van der Waals surface area contributed by atoms with Crippen LogP contribution in [0.1, 0.15) is 25.3 Å². The summed E-state index contributed by atoms with van der Waals surface area (Å²) in [6, 6.07) is 5.80. The van der Waals surface area contributed by atoms with Crippen LogP contribution in [0.15, 0.2) is 22.7 Å². The van der Waals surface area contributed by atoms with E-state index in [1.54, 1.807) is 0 Å². The predicted octanol–water partition coefficient (Wildman–Crippen LogP) is 4.42. The molecule has 1 rings (SSSR count). The first-order valence-electron chi connectivity index (χ1n) is 4.75. The van der Waals surface area contributed by atoms with Crippen molar-refractivity contribution < 1.29 is 4.74 Å². The van der Waals surface area contributed by atoms with Gasteiger partial charge in [-0.3, -0.25) is 0 Å². The van der Waals surface area contributed by atoms with Crippen LogP contribution >= 0.6 is 27.5 Å². The van der Waals surface area contributed by atoms with Crippen molar-refractivity contribution in [1.29, 1.82) is 0 Å². The van der Waals surface area contributed by atoms with Gasteiger partial charge in [0, 0.05) is 16.1 Å². The smallest absolute Gasteiger partial charge is 0.0731 e. The zero-order valence-corrected chi connectivity index (χ0v) is 10.6. The molecule has 78 valence electrons. The number of hydrogen-bond donors (Lipinski definition) is 0. The van der Waals surface area contributed by atoms with Gasteiger partial charge in [-0.15, -0.1) is 0 Å². The van der Waals surface area contributed by atoms with Crippen molar-refractivity contribution in [3.8, 4) is 0 Å². The van der Waals surface area contributed by atoms with Crippen LogP contribution in [0.4, 0.5) is 0 Å². The summed E-state index contributed by atoms with van der Waals surface area (Å²) in [7, 11) is 0. The van der Waals surface area contributed by atoms with Gasteiger partial charge >= 0.3 is 0 Å². The van der Waals surface area contributed by atoms with E-state index in [4.69, 9.17) is 16.3 Å². The second kappa shape index (κ2) is 6.44. The fourth-order valence-electron chi connectivity index (χ4n) is 1.08. The molecule has 0 bridgehead atoms. The zero-order chi connectivity index (χ0) is 10.4. The molecule has 1 aromatic carbocycles. The Kier molecular flexibility index (Phi) is 5.53. The maximum absolute atomic E-state index is 6.01. The summed E-state index contributed by atoms with van der Waals surface area (Å²) >= 11 is 9.41. The Labute approximate surface area is 98.5 Å². The van der Waals surface area contributed by atoms with Gasteiger partial charge in [0.05, 0.1) is 6.61 Å². The normalized spacial score (nSPS) is 10.5. The standard InChI is InChI=1S/C11H14BrClO/c1-2-3-6-14-8-9-7-10(12)4-5-11(9)13/h4-5,7H,2-3,6,8H2,1H3. The average Bonchev–Trinajstić information content (AvgIpc) is 2.18. The Bertz CT molecular complexity index is 289. The van der Waals surface area contributed by atoms with Crippen LogP contribution in [-0.2, 0) is 11.3 Å². The molecule has 0 N–H and O–H groups in total. The van der Waals surface area contributed by atoms with Gasteiger partial charge in [-0.05, 0) is 30.2 Å². The molecule has 0 aromatic heterocycles. The van der Waals surface area contributed by atoms with Gasteiger partial charge in [0.1, 0.15) is 0 Å². The van der Waals surface area contributed by atoms with E-state index in [2.05, 4.69) is 22.9 Å². The summed E-state index contributed by atoms with van der Waals surface area (Å²) in [5.41, 5.74) is 1.04. The minimum atomic E-state index is 0.596. The summed E-state index contributed by atoms with van der Waals surface area (Å²) < 4.78 is 6.53. The fourth-order valence-corrected chi connectivity index (χ4v) is 1.66. The third kappa shape index (κ3) is 3.99. The number of ether oxygens (including phenoxy) is 1. The van der Waals surface area contributed by atoms with Gasteiger partial charge in [-0.1, -0.05) is 40.9 Å². The molecule has 0 aliphatic heterocycles. The van der Waals surface area contributed by atoms with Crippen LogP contribution in [0.3, 0.4) is 0 Å². The van der Waals surface area contributed by atoms with Gasteiger partial charge in [0.2, 0.25) is 0 Å². The van der Waals surface area contributed by atoms with E-state index >= 15 is 0 Å². The summed E-state index contributed by atoms with van der Waals surface area (Å²) in [5.74, 6) is 0. The molecule has 1 nitrogen and oxygen atoms in total. The van der Waals surface area contributed by atoms with Crippen LogP contribution in [0.25, 0.3) is 0 Å². The van der Waals surface area contributed by atoms with E-state index in [9.17, 15) is 0 Å². The Morgan fingerprint density at radius 3 is 2.93 bits per heavy atom. The van der Waals surface area contributed by atoms with E-state index in [1.807, 2.05) is 18.2 Å². The lowest BCUT2D eigenvalue weighted by molar-refractivity contribution is 0.118. The molecule has 0 spiro atoms. The molecule has 0 aliphatic carbocycles. The Hall–Kier alpha value is -0.0500. The zero-order valence-electron chi connectivity index (χ0n) is 8.22. The lowest BCUT2D eigenvalue weighted by Gasteiger charge is -2.05. The van der Waals surface area contributed by atoms with E-state index in [1.165, 1.54) is 0 Å². The van der Waals surface area contributed by atoms with E-state index in [0.717, 1.165) is 34.5 Å². The predicted molar refractivity (Wildman–Crippen MR) is 63.7 cm³/mol. The molecule has 0 radical (unpaired) electrons. The lowest BCUT2D eigenvalue weighted by Crippen LogP contribution is -1.95. The van der Waals surface area contributed by atoms with E-state index < -0.39 is 0 Å². The molecule has 0 saturated heterocycles. The first-order chi connectivity index (χ1) is 6.74. The number of unbranched alkanes of at least 4 members (excludes halogenated alkanes) is 1. The minimum absolute atomic E-state index is 0.596. The van der Waals surface area contributed by atoms with E-state index in [0.29, 0.717) is 6.61 Å². The van der Waals surface area contributed by atoms with Crippen molar-refractivity contribution in [3.05, 3.63) is 33.3 Å². The lowest BCUT2D eigenvalue weighted by atomic mass is 10.2. The van der Waals surface area contributed by atoms with Crippen LogP contribution in [0.2, 0.25) is 5.02 Å². The molecule has 0 heterocycles. The maximum Gasteiger partial charge on any atom is 0.0731 e. The summed E-state index contributed by atoms with van der Waals surface area (Å²) in [4.78, 5) is 0. The largest absolute Gasteiger partial charge is 0.377 e. The molecule has 1 aromatic rings. The van der Waals surface area contributed by atoms with Crippen LogP contribution in [0.5, 0.6) is 0 Å². The molecule has 0 unspecified atom stereocenters. The quantitative estimate of drug-likeness (QED) is 0.724. The van der Waals surface area contributed by atoms with Crippen molar-refractivity contribution in [2.75, 3.05) is 6.61 Å². The van der Waals surface area contributed by atoms with Gasteiger partial charge in [-0.2, -0.15) is 0 Å². The Balaban J connectivity index is 2.45. The number of rotatable bonds is 5. The molecule has 0 fully saturated rings. The highest BCUT2D eigenvalue weighted by molar-refractivity contribution is 9.10. The van der Waals surface area contributed by atoms with Crippen molar-refractivity contribution >= 4 is 27.5 Å². The first-order valence-corrected chi connectivity index (χ1v) is 5.92. The third-order valence-electron chi connectivity index (χ3n) is 1.91. The molecule has 0 atom stereocenters. The SMILES string of the molecule is CCCCOCc1cc(Br)ccc1Cl. The molecular formula is C11H14BrClO. The van der Waals surface area contributed by atoms with Crippen LogP contribution < -0.4 is 0 Å². The number of halogens is 2. The summed E-state index contributed by atoms with van der Waals surface area (Å²) in [5, 5.41) is 0.768. The molecular weight excluding hydrogens is 263 g/mol. The maximum atomic E-state index is 6.01. The third-order valence-corrected chi connectivity index (χ3v) is 2.77. The monoisotopic (exact) mass is 276 g/mol. The van der Waals surface area contributed by atoms with Gasteiger partial charge in [0.15, 0.2) is 0 Å². The second-order valence-corrected chi connectivity index (χ2v) is 4.46. The van der Waals surface area contributed by atoms with Crippen molar-refractivity contribution in [1.82, 2.24) is 0 Å². The van der Waals surface area contributed by atoms with Gasteiger partial charge < -0.3 is 4.74 Å². The highest BCUT2D eigenvalue weighted by atomic mass is 79.9. The number of benzene rings is 1. The van der Waals surface area contributed by atoms with Crippen LogP contribution in [-0.4, -0.2) is 6.61 Å². The molecule has 0 amide bonds. The van der Waals surface area contributed by atoms with Gasteiger partial charge in [0.25, 0.3) is 0 Å². The van der Waals surface area contributed by atoms with Crippen LogP contribution in [0, 0.1) is 0 Å². The molecule has 0 aliphatic rings. The number of hydrogen-bond acceptors (Lipinski definition) is 1. The summed E-state index contributed by atoms with van der Waals surface area (Å²) in [6.07, 6.45) is 2.26. The Morgan fingerprint density at radius 2 is 2.21 bits per heavy atom. The van der Waals surface area contributed by atoms with Crippen molar-refractivity contribution in [3.63, 3.8) is 0 Å². The minimum Gasteiger partial charge on any atom is -0.377 e. The Morgan fingerprint density at radius 1 is 1.43 bits per heavy atom. The van der Waals surface area contributed by atoms with Crippen molar-refractivity contribution in [2.24, 2.45) is 0 Å². The molecule has 3 heteroatoms. The topological polar surface area (TPSA) is 9.23 Å². The fraction of sp³-hybridized carbons (Fsp3) is 0.455. The average molecular weight is 278 g/mol. The highest BCUT2D eigenvalue weighted by Crippen LogP contribution is 2.21. The van der Waals surface area contributed by atoms with Crippen molar-refractivity contribution in [2.45, 2.75) is 26.4 Å². The highest BCUT2D eigenvalue weighted by Gasteiger charge is 2.00. The second-order valence-electron chi connectivity index (χ2n) is 3.14.